The Morgan fingerprint density at radius 1 is 1.33 bits per heavy atom. The molecule has 100 valence electrons. The van der Waals surface area contributed by atoms with Crippen LogP contribution in [0.1, 0.15) is 18.1 Å². The van der Waals surface area contributed by atoms with Crippen LogP contribution < -0.4 is 14.8 Å². The highest BCUT2D eigenvalue weighted by Gasteiger charge is 2.32. The summed E-state index contributed by atoms with van der Waals surface area (Å²) in [5.74, 6) is 1.63. The van der Waals surface area contributed by atoms with E-state index in [-0.39, 0.29) is 18.5 Å². The Bertz CT molecular complexity index is 413. The number of ether oxygens (including phenoxy) is 3. The number of benzene rings is 1. The summed E-state index contributed by atoms with van der Waals surface area (Å²) in [7, 11) is 1.67. The summed E-state index contributed by atoms with van der Waals surface area (Å²) in [5, 5.41) is 3.49. The SMILES string of the molecule is COc1cccc2c1OCC[C@H]1NCCO[C@H]21.Cl. The summed E-state index contributed by atoms with van der Waals surface area (Å²) in [4.78, 5) is 0. The predicted octanol–water partition coefficient (Wildman–Crippen LogP) is 1.93. The van der Waals surface area contributed by atoms with E-state index < -0.39 is 0 Å². The van der Waals surface area contributed by atoms with Crippen LogP contribution >= 0.6 is 12.4 Å². The van der Waals surface area contributed by atoms with Crippen LogP contribution in [0.15, 0.2) is 18.2 Å². The number of nitrogens with one attached hydrogen (secondary N) is 1. The normalized spacial score (nSPS) is 25.8. The minimum Gasteiger partial charge on any atom is -0.493 e. The van der Waals surface area contributed by atoms with Gasteiger partial charge in [0.15, 0.2) is 11.5 Å². The van der Waals surface area contributed by atoms with Crippen LogP contribution in [0.4, 0.5) is 0 Å². The molecule has 0 aliphatic carbocycles. The van der Waals surface area contributed by atoms with Crippen LogP contribution in [0.3, 0.4) is 0 Å². The molecule has 1 saturated heterocycles. The van der Waals surface area contributed by atoms with Crippen molar-refractivity contribution in [3.63, 3.8) is 0 Å². The molecule has 5 heteroatoms. The average Bonchev–Trinajstić information content (AvgIpc) is 2.58. The van der Waals surface area contributed by atoms with Crippen LogP contribution in [-0.2, 0) is 4.74 Å². The molecule has 1 aromatic carbocycles. The van der Waals surface area contributed by atoms with Crippen molar-refractivity contribution in [1.29, 1.82) is 0 Å². The van der Waals surface area contributed by atoms with E-state index in [4.69, 9.17) is 14.2 Å². The number of halogens is 1. The van der Waals surface area contributed by atoms with Gasteiger partial charge in [-0.05, 0) is 12.5 Å². The standard InChI is InChI=1S/C13H17NO3.ClH/c1-15-11-4-2-3-9-12-10(14-6-8-17-12)5-7-16-13(9)11;/h2-4,10,12,14H,5-8H2,1H3;1H/t10-,12-;/m1./s1. The third-order valence-electron chi connectivity index (χ3n) is 3.38. The molecular formula is C13H18ClNO3. The molecule has 0 aromatic heterocycles. The first-order chi connectivity index (χ1) is 8.40. The number of hydrogen-bond donors (Lipinski definition) is 1. The Labute approximate surface area is 113 Å². The maximum absolute atomic E-state index is 5.89. The Balaban J connectivity index is 0.00000120. The van der Waals surface area contributed by atoms with Crippen LogP contribution in [-0.4, -0.2) is 32.9 Å². The van der Waals surface area contributed by atoms with E-state index in [0.29, 0.717) is 12.6 Å². The highest BCUT2D eigenvalue weighted by atomic mass is 35.5. The summed E-state index contributed by atoms with van der Waals surface area (Å²) in [6.45, 7) is 2.36. The fourth-order valence-electron chi connectivity index (χ4n) is 2.57. The highest BCUT2D eigenvalue weighted by molar-refractivity contribution is 5.85. The Morgan fingerprint density at radius 3 is 3.06 bits per heavy atom. The van der Waals surface area contributed by atoms with E-state index in [1.165, 1.54) is 0 Å². The summed E-state index contributed by atoms with van der Waals surface area (Å²) < 4.78 is 17.1. The third kappa shape index (κ3) is 2.28. The number of rotatable bonds is 1. The molecule has 2 aliphatic heterocycles. The first kappa shape index (κ1) is 13.5. The minimum absolute atomic E-state index is 0. The van der Waals surface area contributed by atoms with Gasteiger partial charge in [-0.3, -0.25) is 0 Å². The van der Waals surface area contributed by atoms with Gasteiger partial charge in [-0.2, -0.15) is 0 Å². The van der Waals surface area contributed by atoms with Crippen molar-refractivity contribution in [2.45, 2.75) is 18.6 Å². The van der Waals surface area contributed by atoms with E-state index in [1.54, 1.807) is 7.11 Å². The van der Waals surface area contributed by atoms with E-state index >= 15 is 0 Å². The third-order valence-corrected chi connectivity index (χ3v) is 3.38. The van der Waals surface area contributed by atoms with Crippen molar-refractivity contribution in [1.82, 2.24) is 5.32 Å². The fourth-order valence-corrected chi connectivity index (χ4v) is 2.57. The molecule has 1 N–H and O–H groups in total. The van der Waals surface area contributed by atoms with Gasteiger partial charge in [0.05, 0.1) is 20.3 Å². The van der Waals surface area contributed by atoms with Gasteiger partial charge in [0, 0.05) is 18.2 Å². The van der Waals surface area contributed by atoms with Crippen molar-refractivity contribution in [2.75, 3.05) is 26.9 Å². The molecule has 0 saturated carbocycles. The minimum atomic E-state index is 0. The zero-order valence-corrected chi connectivity index (χ0v) is 11.2. The second-order valence-corrected chi connectivity index (χ2v) is 4.37. The van der Waals surface area contributed by atoms with Crippen LogP contribution in [0.2, 0.25) is 0 Å². The van der Waals surface area contributed by atoms with Gasteiger partial charge in [-0.1, -0.05) is 12.1 Å². The lowest BCUT2D eigenvalue weighted by Gasteiger charge is -2.31. The van der Waals surface area contributed by atoms with E-state index in [9.17, 15) is 0 Å². The van der Waals surface area contributed by atoms with Crippen molar-refractivity contribution < 1.29 is 14.2 Å². The second kappa shape index (κ2) is 5.78. The Kier molecular flexibility index (Phi) is 4.32. The van der Waals surface area contributed by atoms with E-state index in [0.717, 1.165) is 36.6 Å². The largest absolute Gasteiger partial charge is 0.493 e. The molecule has 4 nitrogen and oxygen atoms in total. The zero-order chi connectivity index (χ0) is 11.7. The molecule has 0 amide bonds. The summed E-state index contributed by atoms with van der Waals surface area (Å²) in [5.41, 5.74) is 1.10. The van der Waals surface area contributed by atoms with Gasteiger partial charge in [0.1, 0.15) is 6.10 Å². The highest BCUT2D eigenvalue weighted by Crippen LogP contribution is 2.40. The van der Waals surface area contributed by atoms with Crippen LogP contribution in [0.25, 0.3) is 0 Å². The lowest BCUT2D eigenvalue weighted by Crippen LogP contribution is -2.43. The summed E-state index contributed by atoms with van der Waals surface area (Å²) in [6.07, 6.45) is 1.04. The van der Waals surface area contributed by atoms with Gasteiger partial charge in [-0.15, -0.1) is 12.4 Å². The van der Waals surface area contributed by atoms with Crippen molar-refractivity contribution in [2.24, 2.45) is 0 Å². The van der Waals surface area contributed by atoms with Crippen LogP contribution in [0, 0.1) is 0 Å². The van der Waals surface area contributed by atoms with E-state index in [2.05, 4.69) is 11.4 Å². The molecule has 0 radical (unpaired) electrons. The molecule has 0 spiro atoms. The monoisotopic (exact) mass is 271 g/mol. The lowest BCUT2D eigenvalue weighted by molar-refractivity contribution is -0.00587. The number of para-hydroxylation sites is 1. The molecule has 18 heavy (non-hydrogen) atoms. The summed E-state index contributed by atoms with van der Waals surface area (Å²) >= 11 is 0. The number of hydrogen-bond acceptors (Lipinski definition) is 4. The Morgan fingerprint density at radius 2 is 2.22 bits per heavy atom. The molecule has 2 heterocycles. The molecule has 2 atom stereocenters. The zero-order valence-electron chi connectivity index (χ0n) is 10.3. The van der Waals surface area contributed by atoms with E-state index in [1.807, 2.05) is 12.1 Å². The van der Waals surface area contributed by atoms with Gasteiger partial charge < -0.3 is 19.5 Å². The second-order valence-electron chi connectivity index (χ2n) is 4.37. The van der Waals surface area contributed by atoms with Crippen LogP contribution in [0.5, 0.6) is 11.5 Å². The van der Waals surface area contributed by atoms with Crippen molar-refractivity contribution >= 4 is 12.4 Å². The molecule has 0 unspecified atom stereocenters. The fraction of sp³-hybridized carbons (Fsp3) is 0.538. The predicted molar refractivity (Wildman–Crippen MR) is 70.8 cm³/mol. The van der Waals surface area contributed by atoms with Gasteiger partial charge >= 0.3 is 0 Å². The smallest absolute Gasteiger partial charge is 0.166 e. The number of methoxy groups -OCH3 is 1. The molecule has 1 aromatic rings. The van der Waals surface area contributed by atoms with Gasteiger partial charge in [0.2, 0.25) is 0 Å². The maximum atomic E-state index is 5.89. The average molecular weight is 272 g/mol. The number of morpholine rings is 1. The summed E-state index contributed by atoms with van der Waals surface area (Å²) in [6, 6.07) is 6.32. The van der Waals surface area contributed by atoms with Crippen molar-refractivity contribution in [3.05, 3.63) is 23.8 Å². The molecular weight excluding hydrogens is 254 g/mol. The maximum Gasteiger partial charge on any atom is 0.166 e. The molecule has 0 bridgehead atoms. The molecule has 2 aliphatic rings. The van der Waals surface area contributed by atoms with Gasteiger partial charge in [-0.25, -0.2) is 0 Å². The first-order valence-corrected chi connectivity index (χ1v) is 6.05. The first-order valence-electron chi connectivity index (χ1n) is 6.05. The number of fused-ring (bicyclic) bond motifs is 3. The Hall–Kier alpha value is -0.970. The molecule has 1 fully saturated rings. The quantitative estimate of drug-likeness (QED) is 0.847. The lowest BCUT2D eigenvalue weighted by atomic mass is 9.98. The topological polar surface area (TPSA) is 39.7 Å². The van der Waals surface area contributed by atoms with Crippen molar-refractivity contribution in [3.8, 4) is 11.5 Å². The molecule has 3 rings (SSSR count). The van der Waals surface area contributed by atoms with Gasteiger partial charge in [0.25, 0.3) is 0 Å².